The maximum absolute atomic E-state index is 14.9. The molecule has 0 spiro atoms. The van der Waals surface area contributed by atoms with Gasteiger partial charge in [0.05, 0.1) is 11.4 Å². The van der Waals surface area contributed by atoms with E-state index in [9.17, 15) is 33.0 Å². The van der Waals surface area contributed by atoms with Crippen LogP contribution < -0.4 is 0 Å². The predicted molar refractivity (Wildman–Crippen MR) is 104 cm³/mol. The normalized spacial score (nSPS) is 13.4. The number of phenols is 1. The summed E-state index contributed by atoms with van der Waals surface area (Å²) in [4.78, 5) is 25.2. The van der Waals surface area contributed by atoms with Gasteiger partial charge in [0, 0.05) is 16.6 Å². The van der Waals surface area contributed by atoms with Gasteiger partial charge in [-0.05, 0) is 48.7 Å². The summed E-state index contributed by atoms with van der Waals surface area (Å²) in [6, 6.07) is 4.96. The zero-order valence-electron chi connectivity index (χ0n) is 16.5. The second kappa shape index (κ2) is 7.85. The van der Waals surface area contributed by atoms with Gasteiger partial charge in [0.2, 0.25) is 0 Å². The number of aliphatic carboxylic acids is 1. The van der Waals surface area contributed by atoms with Crippen LogP contribution in [0.2, 0.25) is 0 Å². The van der Waals surface area contributed by atoms with E-state index in [-0.39, 0.29) is 27.7 Å². The third-order valence-corrected chi connectivity index (χ3v) is 5.49. The topological polar surface area (TPSA) is 79.5 Å². The van der Waals surface area contributed by atoms with E-state index in [1.807, 2.05) is 0 Å². The molecule has 0 fully saturated rings. The Balaban J connectivity index is 2.38. The van der Waals surface area contributed by atoms with Crippen molar-refractivity contribution in [1.82, 2.24) is 4.57 Å². The van der Waals surface area contributed by atoms with Crippen molar-refractivity contribution >= 4 is 22.8 Å². The van der Waals surface area contributed by atoms with E-state index in [1.54, 1.807) is 13.8 Å². The Morgan fingerprint density at radius 3 is 2.33 bits per heavy atom. The minimum atomic E-state index is -1.22. The van der Waals surface area contributed by atoms with Gasteiger partial charge < -0.3 is 10.2 Å². The van der Waals surface area contributed by atoms with Crippen LogP contribution in [-0.2, 0) is 4.79 Å². The maximum Gasteiger partial charge on any atom is 0.311 e. The minimum absolute atomic E-state index is 0.0297. The lowest BCUT2D eigenvalue weighted by Crippen LogP contribution is -2.21. The van der Waals surface area contributed by atoms with Gasteiger partial charge in [0.1, 0.15) is 0 Å². The second-order valence-corrected chi connectivity index (χ2v) is 7.26. The molecule has 2 N–H and O–H groups in total. The number of aromatic nitrogens is 1. The predicted octanol–water partition coefficient (Wildman–Crippen LogP) is 4.98. The molecule has 2 aromatic carbocycles. The maximum atomic E-state index is 14.9. The van der Waals surface area contributed by atoms with Crippen molar-refractivity contribution in [3.05, 3.63) is 64.6 Å². The van der Waals surface area contributed by atoms with Crippen molar-refractivity contribution in [2.75, 3.05) is 0 Å². The van der Waals surface area contributed by atoms with Crippen molar-refractivity contribution in [2.24, 2.45) is 5.92 Å². The SMILES string of the molecule is CC[C@@H](C)C(C(=O)O)c1c(C)n(C(=O)c2ccc(F)c(F)c2)c2ccc(O)c(F)c12. The highest BCUT2D eigenvalue weighted by Crippen LogP contribution is 2.40. The summed E-state index contributed by atoms with van der Waals surface area (Å²) < 4.78 is 43.0. The fourth-order valence-corrected chi connectivity index (χ4v) is 3.77. The molecule has 1 heterocycles. The van der Waals surface area contributed by atoms with Crippen LogP contribution in [0.25, 0.3) is 10.9 Å². The van der Waals surface area contributed by atoms with Crippen LogP contribution in [0.1, 0.15) is 47.8 Å². The molecule has 1 aromatic heterocycles. The van der Waals surface area contributed by atoms with Crippen molar-refractivity contribution in [1.29, 1.82) is 0 Å². The lowest BCUT2D eigenvalue weighted by Gasteiger charge is -2.20. The van der Waals surface area contributed by atoms with Crippen LogP contribution in [0.4, 0.5) is 13.2 Å². The zero-order valence-corrected chi connectivity index (χ0v) is 16.5. The van der Waals surface area contributed by atoms with E-state index in [0.29, 0.717) is 6.42 Å². The molecule has 5 nitrogen and oxygen atoms in total. The molecule has 158 valence electrons. The molecule has 30 heavy (non-hydrogen) atoms. The molecule has 0 saturated carbocycles. The number of hydrogen-bond donors (Lipinski definition) is 2. The Morgan fingerprint density at radius 2 is 1.77 bits per heavy atom. The van der Waals surface area contributed by atoms with Gasteiger partial charge in [-0.1, -0.05) is 20.3 Å². The van der Waals surface area contributed by atoms with E-state index >= 15 is 0 Å². The van der Waals surface area contributed by atoms with Crippen LogP contribution in [-0.4, -0.2) is 26.7 Å². The van der Waals surface area contributed by atoms with Crippen molar-refractivity contribution < 1.29 is 33.0 Å². The molecule has 0 aliphatic carbocycles. The highest BCUT2D eigenvalue weighted by Gasteiger charge is 2.34. The monoisotopic (exact) mass is 419 g/mol. The molecule has 0 amide bonds. The first-order valence-corrected chi connectivity index (χ1v) is 9.35. The zero-order chi connectivity index (χ0) is 22.3. The van der Waals surface area contributed by atoms with E-state index in [1.165, 1.54) is 13.0 Å². The Kier molecular flexibility index (Phi) is 5.61. The Hall–Kier alpha value is -3.29. The largest absolute Gasteiger partial charge is 0.505 e. The number of rotatable bonds is 5. The van der Waals surface area contributed by atoms with Gasteiger partial charge >= 0.3 is 5.97 Å². The van der Waals surface area contributed by atoms with Gasteiger partial charge in [0.15, 0.2) is 23.2 Å². The number of phenolic OH excluding ortho intramolecular Hbond substituents is 1. The number of carbonyl (C=O) groups excluding carboxylic acids is 1. The number of carboxylic acid groups (broad SMARTS) is 1. The van der Waals surface area contributed by atoms with Crippen LogP contribution in [0.15, 0.2) is 30.3 Å². The van der Waals surface area contributed by atoms with Crippen LogP contribution in [0.5, 0.6) is 5.75 Å². The fraction of sp³-hybridized carbons (Fsp3) is 0.273. The van der Waals surface area contributed by atoms with Gasteiger partial charge in [-0.25, -0.2) is 13.2 Å². The van der Waals surface area contributed by atoms with Crippen molar-refractivity contribution in [3.63, 3.8) is 0 Å². The van der Waals surface area contributed by atoms with Gasteiger partial charge in [-0.2, -0.15) is 0 Å². The van der Waals surface area contributed by atoms with Crippen molar-refractivity contribution in [2.45, 2.75) is 33.1 Å². The number of nitrogens with zero attached hydrogens (tertiary/aromatic N) is 1. The number of benzene rings is 2. The number of carboxylic acids is 1. The summed E-state index contributed by atoms with van der Waals surface area (Å²) in [5.41, 5.74) is 0.0551. The molecule has 3 rings (SSSR count). The Bertz CT molecular complexity index is 1170. The Morgan fingerprint density at radius 1 is 1.10 bits per heavy atom. The van der Waals surface area contributed by atoms with Crippen LogP contribution in [0.3, 0.4) is 0 Å². The summed E-state index contributed by atoms with van der Waals surface area (Å²) in [6.45, 7) is 4.94. The third-order valence-electron chi connectivity index (χ3n) is 5.49. The molecule has 2 atom stereocenters. The minimum Gasteiger partial charge on any atom is -0.505 e. The highest BCUT2D eigenvalue weighted by molar-refractivity contribution is 6.05. The lowest BCUT2D eigenvalue weighted by molar-refractivity contribution is -0.140. The van der Waals surface area contributed by atoms with Gasteiger partial charge in [-0.3, -0.25) is 14.2 Å². The Labute approximate surface area is 170 Å². The molecule has 0 radical (unpaired) electrons. The smallest absolute Gasteiger partial charge is 0.311 e. The first-order valence-electron chi connectivity index (χ1n) is 9.35. The number of carbonyl (C=O) groups is 2. The number of fused-ring (bicyclic) bond motifs is 1. The molecule has 0 aliphatic heterocycles. The molecular formula is C22H20F3NO4. The summed E-state index contributed by atoms with van der Waals surface area (Å²) in [5.74, 6) is -7.60. The van der Waals surface area contributed by atoms with Crippen LogP contribution >= 0.6 is 0 Å². The molecule has 0 bridgehead atoms. The summed E-state index contributed by atoms with van der Waals surface area (Å²) in [5, 5.41) is 19.5. The third kappa shape index (κ3) is 3.32. The molecule has 8 heteroatoms. The second-order valence-electron chi connectivity index (χ2n) is 7.26. The lowest BCUT2D eigenvalue weighted by atomic mass is 9.84. The molecule has 1 unspecified atom stereocenters. The molecule has 0 saturated heterocycles. The number of hydrogen-bond acceptors (Lipinski definition) is 3. The molecular weight excluding hydrogens is 399 g/mol. The summed E-state index contributed by atoms with van der Waals surface area (Å²) in [6.07, 6.45) is 0.473. The fourth-order valence-electron chi connectivity index (χ4n) is 3.77. The van der Waals surface area contributed by atoms with Crippen molar-refractivity contribution in [3.8, 4) is 5.75 Å². The first-order chi connectivity index (χ1) is 14.1. The average Bonchev–Trinajstić information content (AvgIpc) is 2.98. The van der Waals surface area contributed by atoms with E-state index in [2.05, 4.69) is 0 Å². The number of aromatic hydroxyl groups is 1. The summed E-state index contributed by atoms with van der Waals surface area (Å²) in [7, 11) is 0. The van der Waals surface area contributed by atoms with E-state index < -0.39 is 46.9 Å². The standard InChI is InChI=1S/C22H20F3NO4/c1-4-10(2)17(22(29)30)18-11(3)26(15-7-8-16(27)20(25)19(15)18)21(28)12-5-6-13(23)14(24)9-12/h5-10,17,27H,4H2,1-3H3,(H,29,30)/t10-,17?/m1/s1. The van der Waals surface area contributed by atoms with E-state index in [4.69, 9.17) is 0 Å². The number of halogens is 3. The molecule has 0 aliphatic rings. The quantitative estimate of drug-likeness (QED) is 0.612. The van der Waals surface area contributed by atoms with E-state index in [0.717, 1.165) is 28.8 Å². The average molecular weight is 419 g/mol. The highest BCUT2D eigenvalue weighted by atomic mass is 19.2. The first kappa shape index (κ1) is 21.4. The molecule has 3 aromatic rings. The van der Waals surface area contributed by atoms with Gasteiger partial charge in [0.25, 0.3) is 5.91 Å². The van der Waals surface area contributed by atoms with Crippen LogP contribution in [0, 0.1) is 30.3 Å². The summed E-state index contributed by atoms with van der Waals surface area (Å²) >= 11 is 0. The van der Waals surface area contributed by atoms with Gasteiger partial charge in [-0.15, -0.1) is 0 Å².